The summed E-state index contributed by atoms with van der Waals surface area (Å²) in [5.74, 6) is 0.142. The molecule has 14 heavy (non-hydrogen) atoms. The van der Waals surface area contributed by atoms with Crippen molar-refractivity contribution in [2.24, 2.45) is 5.73 Å². The Morgan fingerprint density at radius 2 is 2.07 bits per heavy atom. The lowest BCUT2D eigenvalue weighted by Crippen LogP contribution is -2.13. The first kappa shape index (κ1) is 10.5. The topological polar surface area (TPSA) is 72.6 Å². The van der Waals surface area contributed by atoms with Gasteiger partial charge in [0.2, 0.25) is 5.91 Å². The van der Waals surface area contributed by atoms with E-state index in [0.29, 0.717) is 11.3 Å². The second kappa shape index (κ2) is 4.62. The molecule has 1 amide bonds. The molecule has 0 aliphatic carbocycles. The van der Waals surface area contributed by atoms with Crippen LogP contribution in [0.3, 0.4) is 0 Å². The third-order valence-electron chi connectivity index (χ3n) is 1.63. The van der Waals surface area contributed by atoms with Gasteiger partial charge in [-0.25, -0.2) is 0 Å². The lowest BCUT2D eigenvalue weighted by atomic mass is 10.2. The van der Waals surface area contributed by atoms with Gasteiger partial charge < -0.3 is 15.6 Å². The van der Waals surface area contributed by atoms with Crippen LogP contribution in [0.15, 0.2) is 24.3 Å². The smallest absolute Gasteiger partial charge is 0.248 e. The van der Waals surface area contributed by atoms with E-state index in [4.69, 9.17) is 15.6 Å². The van der Waals surface area contributed by atoms with Crippen LogP contribution >= 0.6 is 0 Å². The Bertz CT molecular complexity index is 306. The van der Waals surface area contributed by atoms with Crippen molar-refractivity contribution in [3.8, 4) is 5.75 Å². The van der Waals surface area contributed by atoms with E-state index < -0.39 is 12.0 Å². The molecule has 1 atom stereocenters. The summed E-state index contributed by atoms with van der Waals surface area (Å²) in [6, 6.07) is 6.45. The van der Waals surface area contributed by atoms with Crippen molar-refractivity contribution < 1.29 is 14.6 Å². The van der Waals surface area contributed by atoms with Crippen molar-refractivity contribution in [2.45, 2.75) is 13.0 Å². The maximum absolute atomic E-state index is 10.7. The number of aliphatic hydroxyl groups is 1. The van der Waals surface area contributed by atoms with Crippen molar-refractivity contribution in [2.75, 3.05) is 6.61 Å². The second-order valence-corrected chi connectivity index (χ2v) is 3.05. The first-order valence-corrected chi connectivity index (χ1v) is 4.30. The molecule has 4 heteroatoms. The largest absolute Gasteiger partial charge is 0.491 e. The number of rotatable bonds is 4. The lowest BCUT2D eigenvalue weighted by molar-refractivity contribution is 0.0999. The van der Waals surface area contributed by atoms with E-state index in [-0.39, 0.29) is 6.61 Å². The average Bonchev–Trinajstić information content (AvgIpc) is 2.15. The minimum absolute atomic E-state index is 0.232. The minimum Gasteiger partial charge on any atom is -0.491 e. The summed E-state index contributed by atoms with van der Waals surface area (Å²) >= 11 is 0. The molecule has 1 aromatic carbocycles. The van der Waals surface area contributed by atoms with Crippen LogP contribution in [0, 0.1) is 0 Å². The van der Waals surface area contributed by atoms with Crippen molar-refractivity contribution >= 4 is 5.91 Å². The zero-order valence-corrected chi connectivity index (χ0v) is 7.93. The van der Waals surface area contributed by atoms with Crippen LogP contribution in [-0.4, -0.2) is 23.7 Å². The first-order valence-electron chi connectivity index (χ1n) is 4.30. The van der Waals surface area contributed by atoms with E-state index in [1.165, 1.54) is 0 Å². The van der Waals surface area contributed by atoms with Gasteiger partial charge >= 0.3 is 0 Å². The van der Waals surface area contributed by atoms with Crippen molar-refractivity contribution in [3.05, 3.63) is 29.8 Å². The highest BCUT2D eigenvalue weighted by Gasteiger charge is 2.01. The Labute approximate surface area is 82.3 Å². The molecule has 0 saturated carbocycles. The van der Waals surface area contributed by atoms with E-state index >= 15 is 0 Å². The number of carbonyl (C=O) groups excluding carboxylic acids is 1. The molecule has 0 radical (unpaired) electrons. The molecule has 0 saturated heterocycles. The van der Waals surface area contributed by atoms with Crippen LogP contribution in [0.5, 0.6) is 5.75 Å². The number of amides is 1. The van der Waals surface area contributed by atoms with Crippen LogP contribution in [0.4, 0.5) is 0 Å². The summed E-state index contributed by atoms with van der Waals surface area (Å²) in [5.41, 5.74) is 5.51. The fraction of sp³-hybridized carbons (Fsp3) is 0.300. The molecule has 1 aromatic rings. The molecule has 4 nitrogen and oxygen atoms in total. The third kappa shape index (κ3) is 3.06. The van der Waals surface area contributed by atoms with Gasteiger partial charge in [0.15, 0.2) is 0 Å². The number of hydrogen-bond donors (Lipinski definition) is 2. The Morgan fingerprint density at radius 3 is 2.50 bits per heavy atom. The van der Waals surface area contributed by atoms with E-state index in [2.05, 4.69) is 0 Å². The van der Waals surface area contributed by atoms with Gasteiger partial charge in [0, 0.05) is 5.56 Å². The Hall–Kier alpha value is -1.55. The molecule has 0 heterocycles. The van der Waals surface area contributed by atoms with E-state index in [1.54, 1.807) is 31.2 Å². The summed E-state index contributed by atoms with van der Waals surface area (Å²) < 4.78 is 5.20. The van der Waals surface area contributed by atoms with Crippen LogP contribution in [-0.2, 0) is 0 Å². The van der Waals surface area contributed by atoms with Gasteiger partial charge in [-0.15, -0.1) is 0 Å². The molecule has 1 unspecified atom stereocenters. The van der Waals surface area contributed by atoms with Crippen LogP contribution in [0.25, 0.3) is 0 Å². The van der Waals surface area contributed by atoms with Gasteiger partial charge in [-0.1, -0.05) is 0 Å². The number of benzene rings is 1. The van der Waals surface area contributed by atoms with Crippen LogP contribution in [0.2, 0.25) is 0 Å². The summed E-state index contributed by atoms with van der Waals surface area (Å²) in [6.07, 6.45) is -0.509. The molecule has 0 aliphatic rings. The molecule has 1 rings (SSSR count). The van der Waals surface area contributed by atoms with Crippen molar-refractivity contribution in [3.63, 3.8) is 0 Å². The van der Waals surface area contributed by atoms with Gasteiger partial charge in [-0.05, 0) is 31.2 Å². The lowest BCUT2D eigenvalue weighted by Gasteiger charge is -2.07. The second-order valence-electron chi connectivity index (χ2n) is 3.05. The summed E-state index contributed by atoms with van der Waals surface area (Å²) in [6.45, 7) is 1.87. The fourth-order valence-electron chi connectivity index (χ4n) is 0.932. The Kier molecular flexibility index (Phi) is 3.48. The quantitative estimate of drug-likeness (QED) is 0.736. The zero-order valence-electron chi connectivity index (χ0n) is 7.93. The Morgan fingerprint density at radius 1 is 1.50 bits per heavy atom. The molecule has 0 bridgehead atoms. The van der Waals surface area contributed by atoms with Crippen LogP contribution in [0.1, 0.15) is 17.3 Å². The number of primary amides is 1. The SMILES string of the molecule is CC(O)COc1ccc(C(N)=O)cc1. The highest BCUT2D eigenvalue weighted by atomic mass is 16.5. The predicted molar refractivity (Wildman–Crippen MR) is 52.1 cm³/mol. The third-order valence-corrected chi connectivity index (χ3v) is 1.63. The maximum atomic E-state index is 10.7. The van der Waals surface area contributed by atoms with Gasteiger partial charge in [-0.3, -0.25) is 4.79 Å². The van der Waals surface area contributed by atoms with Crippen molar-refractivity contribution in [1.82, 2.24) is 0 Å². The standard InChI is InChI=1S/C10H13NO3/c1-7(12)6-14-9-4-2-8(3-5-9)10(11)13/h2-5,7,12H,6H2,1H3,(H2,11,13). The molecule has 0 aliphatic heterocycles. The molecule has 0 aromatic heterocycles. The molecule has 0 fully saturated rings. The molecular weight excluding hydrogens is 182 g/mol. The summed E-state index contributed by atoms with van der Waals surface area (Å²) in [5, 5.41) is 8.96. The van der Waals surface area contributed by atoms with Gasteiger partial charge in [0.05, 0.1) is 6.10 Å². The fourth-order valence-corrected chi connectivity index (χ4v) is 0.932. The number of carbonyl (C=O) groups is 1. The average molecular weight is 195 g/mol. The highest BCUT2D eigenvalue weighted by molar-refractivity contribution is 5.92. The maximum Gasteiger partial charge on any atom is 0.248 e. The molecule has 0 spiro atoms. The van der Waals surface area contributed by atoms with E-state index in [0.717, 1.165) is 0 Å². The molecular formula is C10H13NO3. The number of hydrogen-bond acceptors (Lipinski definition) is 3. The number of ether oxygens (including phenoxy) is 1. The van der Waals surface area contributed by atoms with Crippen LogP contribution < -0.4 is 10.5 Å². The molecule has 76 valence electrons. The first-order chi connectivity index (χ1) is 6.59. The van der Waals surface area contributed by atoms with Crippen molar-refractivity contribution in [1.29, 1.82) is 0 Å². The van der Waals surface area contributed by atoms with E-state index in [1.807, 2.05) is 0 Å². The normalized spacial score (nSPS) is 12.1. The number of aliphatic hydroxyl groups excluding tert-OH is 1. The van der Waals surface area contributed by atoms with E-state index in [9.17, 15) is 4.79 Å². The zero-order chi connectivity index (χ0) is 10.6. The minimum atomic E-state index is -0.509. The predicted octanol–water partition coefficient (Wildman–Crippen LogP) is 0.545. The summed E-state index contributed by atoms with van der Waals surface area (Å²) in [4.78, 5) is 10.7. The Balaban J connectivity index is 2.60. The van der Waals surface area contributed by atoms with Gasteiger partial charge in [-0.2, -0.15) is 0 Å². The highest BCUT2D eigenvalue weighted by Crippen LogP contribution is 2.11. The number of nitrogens with two attached hydrogens (primary N) is 1. The summed E-state index contributed by atoms with van der Waals surface area (Å²) in [7, 11) is 0. The molecule has 3 N–H and O–H groups in total. The monoisotopic (exact) mass is 195 g/mol. The van der Waals surface area contributed by atoms with Gasteiger partial charge in [0.25, 0.3) is 0 Å². The van der Waals surface area contributed by atoms with Gasteiger partial charge in [0.1, 0.15) is 12.4 Å².